The standard InChI is InChI=1S/C26H36N6O/c1-28-8-2-3-18-13-20(14-18)29-16-22(26(27)19-4-5-19)25-17-30-23-7-6-21(15-24(23)31-25)32-9-11-33-12-10-32/h6-7,15-20,27-29H,2-5,8-14H2,1H3/b22-16-,27-26?. The van der Waals surface area contributed by atoms with Crippen LogP contribution in [-0.4, -0.2) is 61.6 Å². The highest BCUT2D eigenvalue weighted by Crippen LogP contribution is 2.36. The maximum atomic E-state index is 8.78. The minimum absolute atomic E-state index is 0.367. The van der Waals surface area contributed by atoms with E-state index in [0.29, 0.717) is 17.7 Å². The van der Waals surface area contributed by atoms with Gasteiger partial charge < -0.3 is 25.7 Å². The number of ether oxygens (including phenoxy) is 1. The van der Waals surface area contributed by atoms with Crippen LogP contribution in [-0.2, 0) is 4.74 Å². The van der Waals surface area contributed by atoms with E-state index in [-0.39, 0.29) is 0 Å². The summed E-state index contributed by atoms with van der Waals surface area (Å²) in [5, 5.41) is 15.6. The van der Waals surface area contributed by atoms with Crippen LogP contribution in [0.5, 0.6) is 0 Å². The van der Waals surface area contributed by atoms with Gasteiger partial charge in [-0.2, -0.15) is 0 Å². The molecule has 1 aromatic carbocycles. The van der Waals surface area contributed by atoms with Crippen LogP contribution < -0.4 is 15.5 Å². The van der Waals surface area contributed by atoms with Gasteiger partial charge in [0.1, 0.15) is 0 Å². The summed E-state index contributed by atoms with van der Waals surface area (Å²) in [4.78, 5) is 12.0. The van der Waals surface area contributed by atoms with Crippen molar-refractivity contribution in [3.63, 3.8) is 0 Å². The Morgan fingerprint density at radius 1 is 1.21 bits per heavy atom. The van der Waals surface area contributed by atoms with Gasteiger partial charge in [0.15, 0.2) is 0 Å². The monoisotopic (exact) mass is 448 g/mol. The molecule has 33 heavy (non-hydrogen) atoms. The average molecular weight is 449 g/mol. The largest absolute Gasteiger partial charge is 0.388 e. The second-order valence-electron chi connectivity index (χ2n) is 9.72. The summed E-state index contributed by atoms with van der Waals surface area (Å²) < 4.78 is 5.49. The molecular formula is C26H36N6O. The molecule has 3 fully saturated rings. The first-order valence-corrected chi connectivity index (χ1v) is 12.5. The van der Waals surface area contributed by atoms with Crippen molar-refractivity contribution in [2.75, 3.05) is 44.8 Å². The van der Waals surface area contributed by atoms with Crippen molar-refractivity contribution < 1.29 is 4.74 Å². The van der Waals surface area contributed by atoms with Gasteiger partial charge in [0, 0.05) is 48.2 Å². The van der Waals surface area contributed by atoms with E-state index in [4.69, 9.17) is 15.1 Å². The first-order chi connectivity index (χ1) is 16.2. The van der Waals surface area contributed by atoms with Crippen LogP contribution in [0, 0.1) is 17.2 Å². The van der Waals surface area contributed by atoms with Crippen LogP contribution in [0.3, 0.4) is 0 Å². The number of hydrogen-bond acceptors (Lipinski definition) is 7. The first kappa shape index (κ1) is 22.3. The van der Waals surface area contributed by atoms with E-state index in [1.807, 2.05) is 19.3 Å². The predicted octanol–water partition coefficient (Wildman–Crippen LogP) is 3.60. The van der Waals surface area contributed by atoms with Crippen LogP contribution in [0.2, 0.25) is 0 Å². The third kappa shape index (κ3) is 5.36. The van der Waals surface area contributed by atoms with Crippen molar-refractivity contribution >= 4 is 28.0 Å². The van der Waals surface area contributed by atoms with Gasteiger partial charge in [-0.15, -0.1) is 0 Å². The summed E-state index contributed by atoms with van der Waals surface area (Å²) in [6.07, 6.45) is 11.1. The van der Waals surface area contributed by atoms with Crippen LogP contribution in [0.25, 0.3) is 16.6 Å². The molecule has 2 saturated carbocycles. The summed E-state index contributed by atoms with van der Waals surface area (Å²) in [5.41, 5.74) is 5.35. The lowest BCUT2D eigenvalue weighted by molar-refractivity contribution is 0.122. The van der Waals surface area contributed by atoms with Crippen molar-refractivity contribution in [1.82, 2.24) is 20.6 Å². The number of fused-ring (bicyclic) bond motifs is 1. The fraction of sp³-hybridized carbons (Fsp3) is 0.577. The highest BCUT2D eigenvalue weighted by molar-refractivity contribution is 6.23. The number of rotatable bonds is 10. The van der Waals surface area contributed by atoms with Gasteiger partial charge in [0.2, 0.25) is 0 Å². The zero-order chi connectivity index (χ0) is 22.6. The van der Waals surface area contributed by atoms with Gasteiger partial charge >= 0.3 is 0 Å². The van der Waals surface area contributed by atoms with Crippen molar-refractivity contribution in [2.24, 2.45) is 11.8 Å². The van der Waals surface area contributed by atoms with E-state index in [9.17, 15) is 0 Å². The normalized spacial score (nSPS) is 23.4. The van der Waals surface area contributed by atoms with Gasteiger partial charge in [-0.1, -0.05) is 0 Å². The number of hydrogen-bond donors (Lipinski definition) is 3. The number of anilines is 1. The van der Waals surface area contributed by atoms with E-state index in [1.54, 1.807) is 0 Å². The number of allylic oxidation sites excluding steroid dienone is 1. The summed E-state index contributed by atoms with van der Waals surface area (Å²) in [5.74, 6) is 1.19. The molecule has 3 aliphatic rings. The minimum atomic E-state index is 0.367. The third-order valence-corrected chi connectivity index (χ3v) is 7.19. The molecule has 0 spiro atoms. The minimum Gasteiger partial charge on any atom is -0.388 e. The molecule has 2 aromatic rings. The van der Waals surface area contributed by atoms with E-state index < -0.39 is 0 Å². The highest BCUT2D eigenvalue weighted by atomic mass is 16.5. The molecular weight excluding hydrogens is 412 g/mol. The molecule has 0 unspecified atom stereocenters. The second kappa shape index (κ2) is 10.2. The SMILES string of the molecule is CNCCCC1CC(N/C=C(\C(=N)C2CC2)c2cnc3ccc(N4CCOCC4)cc3n2)C1. The lowest BCUT2D eigenvalue weighted by Crippen LogP contribution is -2.39. The molecule has 3 N–H and O–H groups in total. The summed E-state index contributed by atoms with van der Waals surface area (Å²) in [6, 6.07) is 6.81. The Labute approximate surface area is 196 Å². The van der Waals surface area contributed by atoms with Crippen molar-refractivity contribution in [3.05, 3.63) is 36.3 Å². The molecule has 1 aromatic heterocycles. The smallest absolute Gasteiger partial charge is 0.0925 e. The van der Waals surface area contributed by atoms with Gasteiger partial charge in [0.25, 0.3) is 0 Å². The molecule has 0 radical (unpaired) electrons. The zero-order valence-corrected chi connectivity index (χ0v) is 19.6. The predicted molar refractivity (Wildman–Crippen MR) is 134 cm³/mol. The Hall–Kier alpha value is -2.51. The van der Waals surface area contributed by atoms with Crippen molar-refractivity contribution in [2.45, 2.75) is 44.6 Å². The Kier molecular flexibility index (Phi) is 6.88. The molecule has 5 rings (SSSR count). The third-order valence-electron chi connectivity index (χ3n) is 7.19. The molecule has 7 nitrogen and oxygen atoms in total. The molecule has 176 valence electrons. The van der Waals surface area contributed by atoms with E-state index in [0.717, 1.165) is 79.6 Å². The van der Waals surface area contributed by atoms with Crippen molar-refractivity contribution in [1.29, 1.82) is 5.41 Å². The molecule has 7 heteroatoms. The number of morpholine rings is 1. The number of nitrogens with one attached hydrogen (secondary N) is 3. The van der Waals surface area contributed by atoms with E-state index in [2.05, 4.69) is 38.9 Å². The Morgan fingerprint density at radius 3 is 2.79 bits per heavy atom. The highest BCUT2D eigenvalue weighted by Gasteiger charge is 2.31. The summed E-state index contributed by atoms with van der Waals surface area (Å²) >= 11 is 0. The summed E-state index contributed by atoms with van der Waals surface area (Å²) in [7, 11) is 2.02. The van der Waals surface area contributed by atoms with Gasteiger partial charge in [-0.25, -0.2) is 4.98 Å². The Bertz CT molecular complexity index is 1010. The lowest BCUT2D eigenvalue weighted by Gasteiger charge is -2.36. The maximum absolute atomic E-state index is 8.78. The number of benzene rings is 1. The second-order valence-corrected chi connectivity index (χ2v) is 9.72. The number of nitrogens with zero attached hydrogens (tertiary/aromatic N) is 3. The zero-order valence-electron chi connectivity index (χ0n) is 19.6. The molecule has 2 heterocycles. The van der Waals surface area contributed by atoms with Gasteiger partial charge in [-0.3, -0.25) is 4.98 Å². The fourth-order valence-corrected chi connectivity index (χ4v) is 4.91. The molecule has 2 aliphatic carbocycles. The van der Waals surface area contributed by atoms with Crippen LogP contribution in [0.1, 0.15) is 44.2 Å². The van der Waals surface area contributed by atoms with Crippen molar-refractivity contribution in [3.8, 4) is 0 Å². The van der Waals surface area contributed by atoms with Crippen LogP contribution in [0.15, 0.2) is 30.6 Å². The Balaban J connectivity index is 1.32. The molecule has 1 saturated heterocycles. The fourth-order valence-electron chi connectivity index (χ4n) is 4.91. The van der Waals surface area contributed by atoms with E-state index in [1.165, 1.54) is 25.7 Å². The molecule has 0 bridgehead atoms. The van der Waals surface area contributed by atoms with Crippen LogP contribution >= 0.6 is 0 Å². The topological polar surface area (TPSA) is 86.2 Å². The van der Waals surface area contributed by atoms with Crippen LogP contribution in [0.4, 0.5) is 5.69 Å². The summed E-state index contributed by atoms with van der Waals surface area (Å²) in [6.45, 7) is 4.43. The quantitative estimate of drug-likeness (QED) is 0.380. The van der Waals surface area contributed by atoms with E-state index >= 15 is 0 Å². The van der Waals surface area contributed by atoms with Gasteiger partial charge in [0.05, 0.1) is 36.1 Å². The molecule has 0 amide bonds. The molecule has 1 aliphatic heterocycles. The average Bonchev–Trinajstić information content (AvgIpc) is 3.67. The first-order valence-electron chi connectivity index (χ1n) is 12.5. The van der Waals surface area contributed by atoms with Gasteiger partial charge in [-0.05, 0) is 76.2 Å². The molecule has 0 atom stereocenters. The maximum Gasteiger partial charge on any atom is 0.0925 e. The lowest BCUT2D eigenvalue weighted by atomic mass is 9.77. The Morgan fingerprint density at radius 2 is 2.03 bits per heavy atom. The number of aromatic nitrogens is 2.